The number of anilines is 1. The monoisotopic (exact) mass is 438 g/mol. The Morgan fingerprint density at radius 2 is 2.03 bits per heavy atom. The van der Waals surface area contributed by atoms with Crippen LogP contribution in [0.2, 0.25) is 0 Å². The Balaban J connectivity index is 1.53. The van der Waals surface area contributed by atoms with Crippen LogP contribution in [-0.4, -0.2) is 29.4 Å². The van der Waals surface area contributed by atoms with Crippen molar-refractivity contribution >= 4 is 28.8 Å². The number of halogens is 1. The minimum Gasteiger partial charge on any atom is -0.480 e. The van der Waals surface area contributed by atoms with Crippen molar-refractivity contribution in [3.8, 4) is 5.75 Å². The highest BCUT2D eigenvalue weighted by molar-refractivity contribution is 7.12. The molecule has 0 bridgehead atoms. The van der Waals surface area contributed by atoms with E-state index in [1.165, 1.54) is 23.5 Å². The molecule has 2 heterocycles. The molecule has 5 nitrogen and oxygen atoms in total. The topological polar surface area (TPSA) is 58.6 Å². The van der Waals surface area contributed by atoms with Gasteiger partial charge in [-0.05, 0) is 60.2 Å². The molecule has 1 aliphatic rings. The summed E-state index contributed by atoms with van der Waals surface area (Å²) in [6.45, 7) is 2.80. The number of carbonyl (C=O) groups excluding carboxylic acids is 2. The number of amides is 2. The van der Waals surface area contributed by atoms with Gasteiger partial charge in [0, 0.05) is 24.3 Å². The second kappa shape index (κ2) is 9.31. The lowest BCUT2D eigenvalue weighted by Gasteiger charge is -2.23. The van der Waals surface area contributed by atoms with E-state index in [0.717, 1.165) is 11.1 Å². The van der Waals surface area contributed by atoms with Crippen LogP contribution in [0, 0.1) is 5.82 Å². The predicted molar refractivity (Wildman–Crippen MR) is 119 cm³/mol. The van der Waals surface area contributed by atoms with Crippen LogP contribution in [0.1, 0.15) is 34.1 Å². The SMILES string of the molecule is CC[C@@H]1Oc2ccc(NC(=O)c3cccs3)cc2CN(CCc2ccc(F)cc2)C1=O. The largest absolute Gasteiger partial charge is 0.480 e. The van der Waals surface area contributed by atoms with Crippen LogP contribution in [0.5, 0.6) is 5.75 Å². The quantitative estimate of drug-likeness (QED) is 0.597. The molecule has 0 saturated carbocycles. The summed E-state index contributed by atoms with van der Waals surface area (Å²) in [5.41, 5.74) is 2.46. The first-order valence-corrected chi connectivity index (χ1v) is 11.1. The highest BCUT2D eigenvalue weighted by atomic mass is 32.1. The fourth-order valence-corrected chi connectivity index (χ4v) is 4.17. The Morgan fingerprint density at radius 3 is 2.74 bits per heavy atom. The van der Waals surface area contributed by atoms with Crippen molar-refractivity contribution in [3.63, 3.8) is 0 Å². The average molecular weight is 439 g/mol. The fourth-order valence-electron chi connectivity index (χ4n) is 3.55. The van der Waals surface area contributed by atoms with E-state index >= 15 is 0 Å². The zero-order chi connectivity index (χ0) is 21.8. The van der Waals surface area contributed by atoms with Crippen LogP contribution in [0.25, 0.3) is 0 Å². The van der Waals surface area contributed by atoms with Crippen molar-refractivity contribution in [1.29, 1.82) is 0 Å². The maximum absolute atomic E-state index is 13.2. The van der Waals surface area contributed by atoms with E-state index in [9.17, 15) is 14.0 Å². The highest BCUT2D eigenvalue weighted by Gasteiger charge is 2.29. The smallest absolute Gasteiger partial charge is 0.265 e. The molecule has 0 saturated heterocycles. The van der Waals surface area contributed by atoms with Gasteiger partial charge in [-0.25, -0.2) is 4.39 Å². The van der Waals surface area contributed by atoms with Crippen molar-refractivity contribution in [2.75, 3.05) is 11.9 Å². The van der Waals surface area contributed by atoms with Crippen molar-refractivity contribution in [1.82, 2.24) is 4.90 Å². The van der Waals surface area contributed by atoms with Crippen LogP contribution >= 0.6 is 11.3 Å². The van der Waals surface area contributed by atoms with Gasteiger partial charge in [-0.1, -0.05) is 25.1 Å². The van der Waals surface area contributed by atoms with Gasteiger partial charge < -0.3 is 15.0 Å². The fraction of sp³-hybridized carbons (Fsp3) is 0.250. The minimum atomic E-state index is -0.555. The highest BCUT2D eigenvalue weighted by Crippen LogP contribution is 2.30. The third-order valence-electron chi connectivity index (χ3n) is 5.24. The molecule has 0 spiro atoms. The summed E-state index contributed by atoms with van der Waals surface area (Å²) in [7, 11) is 0. The molecule has 1 aliphatic heterocycles. The average Bonchev–Trinajstić information content (AvgIpc) is 3.28. The van der Waals surface area contributed by atoms with E-state index in [4.69, 9.17) is 4.74 Å². The van der Waals surface area contributed by atoms with Crippen LogP contribution in [-0.2, 0) is 17.8 Å². The van der Waals surface area contributed by atoms with Gasteiger partial charge in [0.15, 0.2) is 6.10 Å². The van der Waals surface area contributed by atoms with Crippen molar-refractivity contribution in [3.05, 3.63) is 81.8 Å². The Bertz CT molecular complexity index is 1070. The second-order valence-electron chi connectivity index (χ2n) is 7.40. The first-order valence-electron chi connectivity index (χ1n) is 10.2. The van der Waals surface area contributed by atoms with Gasteiger partial charge in [0.25, 0.3) is 11.8 Å². The number of hydrogen-bond acceptors (Lipinski definition) is 4. The van der Waals surface area contributed by atoms with Gasteiger partial charge in [0.2, 0.25) is 0 Å². The van der Waals surface area contributed by atoms with Crippen LogP contribution in [0.4, 0.5) is 10.1 Å². The molecule has 1 N–H and O–H groups in total. The number of carbonyl (C=O) groups is 2. The van der Waals surface area contributed by atoms with Gasteiger partial charge in [0.05, 0.1) is 4.88 Å². The Hall–Kier alpha value is -3.19. The van der Waals surface area contributed by atoms with Crippen molar-refractivity contribution < 1.29 is 18.7 Å². The summed E-state index contributed by atoms with van der Waals surface area (Å²) in [4.78, 5) is 27.8. The predicted octanol–water partition coefficient (Wildman–Crippen LogP) is 4.88. The number of thiophene rings is 1. The normalized spacial score (nSPS) is 15.7. The van der Waals surface area contributed by atoms with Crippen LogP contribution in [0.15, 0.2) is 60.0 Å². The molecule has 2 aromatic carbocycles. The number of benzene rings is 2. The third-order valence-corrected chi connectivity index (χ3v) is 6.10. The molecular formula is C24H23FN2O3S. The molecule has 0 unspecified atom stereocenters. The van der Waals surface area contributed by atoms with Gasteiger partial charge in [-0.3, -0.25) is 9.59 Å². The molecular weight excluding hydrogens is 415 g/mol. The van der Waals surface area contributed by atoms with Crippen molar-refractivity contribution in [2.45, 2.75) is 32.4 Å². The van der Waals surface area contributed by atoms with E-state index in [1.54, 1.807) is 35.2 Å². The third kappa shape index (κ3) is 4.94. The number of ether oxygens (including phenoxy) is 1. The molecule has 3 aromatic rings. The summed E-state index contributed by atoms with van der Waals surface area (Å²) in [5, 5.41) is 4.76. The van der Waals surface area contributed by atoms with Gasteiger partial charge in [0.1, 0.15) is 11.6 Å². The standard InChI is InChI=1S/C24H23FN2O3S/c1-2-20-24(29)27(12-11-16-5-7-18(25)8-6-16)15-17-14-19(9-10-21(17)30-20)26-23(28)22-4-3-13-31-22/h3-10,13-14,20H,2,11-12,15H2,1H3,(H,26,28)/t20-/m0/s1. The zero-order valence-electron chi connectivity index (χ0n) is 17.1. The van der Waals surface area contributed by atoms with Crippen LogP contribution in [0.3, 0.4) is 0 Å². The first-order chi connectivity index (χ1) is 15.0. The zero-order valence-corrected chi connectivity index (χ0v) is 18.0. The summed E-state index contributed by atoms with van der Waals surface area (Å²) in [5.74, 6) is 0.142. The Labute approximate surface area is 184 Å². The summed E-state index contributed by atoms with van der Waals surface area (Å²) in [6, 6.07) is 15.4. The van der Waals surface area contributed by atoms with Gasteiger partial charge in [-0.15, -0.1) is 11.3 Å². The van der Waals surface area contributed by atoms with Gasteiger partial charge >= 0.3 is 0 Å². The first kappa shape index (κ1) is 21.1. The lowest BCUT2D eigenvalue weighted by atomic mass is 10.1. The molecule has 4 rings (SSSR count). The molecule has 31 heavy (non-hydrogen) atoms. The molecule has 0 aliphatic carbocycles. The van der Waals surface area contributed by atoms with E-state index in [-0.39, 0.29) is 17.6 Å². The lowest BCUT2D eigenvalue weighted by molar-refractivity contribution is -0.138. The number of fused-ring (bicyclic) bond motifs is 1. The molecule has 7 heteroatoms. The summed E-state index contributed by atoms with van der Waals surface area (Å²) >= 11 is 1.38. The van der Waals surface area contributed by atoms with Crippen LogP contribution < -0.4 is 10.1 Å². The van der Waals surface area contributed by atoms with Gasteiger partial charge in [-0.2, -0.15) is 0 Å². The molecule has 1 atom stereocenters. The maximum Gasteiger partial charge on any atom is 0.265 e. The Morgan fingerprint density at radius 1 is 1.23 bits per heavy atom. The summed E-state index contributed by atoms with van der Waals surface area (Å²) in [6.07, 6.45) is 0.621. The number of rotatable bonds is 6. The maximum atomic E-state index is 13.2. The summed E-state index contributed by atoms with van der Waals surface area (Å²) < 4.78 is 19.2. The molecule has 0 fully saturated rings. The number of nitrogens with one attached hydrogen (secondary N) is 1. The molecule has 0 radical (unpaired) electrons. The number of nitrogens with zero attached hydrogens (tertiary/aromatic N) is 1. The van der Waals surface area contributed by atoms with E-state index in [0.29, 0.717) is 42.2 Å². The molecule has 2 amide bonds. The van der Waals surface area contributed by atoms with Crippen molar-refractivity contribution in [2.24, 2.45) is 0 Å². The number of hydrogen-bond donors (Lipinski definition) is 1. The molecule has 160 valence electrons. The van der Waals surface area contributed by atoms with E-state index in [2.05, 4.69) is 5.32 Å². The van der Waals surface area contributed by atoms with E-state index in [1.807, 2.05) is 24.4 Å². The Kier molecular flexibility index (Phi) is 6.32. The van der Waals surface area contributed by atoms with E-state index < -0.39 is 6.10 Å². The minimum absolute atomic E-state index is 0.0648. The molecule has 1 aromatic heterocycles. The second-order valence-corrected chi connectivity index (χ2v) is 8.35. The lowest BCUT2D eigenvalue weighted by Crippen LogP contribution is -2.40.